The third-order valence-corrected chi connectivity index (χ3v) is 8.15. The largest absolute Gasteiger partial charge is 0.350 e. The number of hydrogen-bond donors (Lipinski definition) is 2. The van der Waals surface area contributed by atoms with Crippen molar-refractivity contribution in [1.82, 2.24) is 15.5 Å². The fourth-order valence-electron chi connectivity index (χ4n) is 5.54. The van der Waals surface area contributed by atoms with E-state index < -0.39 is 0 Å². The second kappa shape index (κ2) is 14.5. The summed E-state index contributed by atoms with van der Waals surface area (Å²) in [5, 5.41) is 9.42. The molecule has 1 heterocycles. The maximum absolute atomic E-state index is 13.7. The average molecular weight is 548 g/mol. The molecule has 2 amide bonds. The first-order chi connectivity index (χ1) is 19.0. The van der Waals surface area contributed by atoms with Crippen LogP contribution >= 0.6 is 11.6 Å². The summed E-state index contributed by atoms with van der Waals surface area (Å²) in [6, 6.07) is 21.7. The third kappa shape index (κ3) is 8.06. The molecule has 5 nitrogen and oxygen atoms in total. The summed E-state index contributed by atoms with van der Waals surface area (Å²) in [5.41, 5.74) is 1.91. The van der Waals surface area contributed by atoms with Crippen LogP contribution in [0.2, 0.25) is 5.02 Å². The first-order valence-electron chi connectivity index (χ1n) is 14.6. The standard InChI is InChI=1S/C33H42ClN3O2/c1-3-5-6-10-13-31-33(39)37(23-24(4-2)25-11-8-7-9-12-25)19-18-30(36-31)22-35-32(38)28-15-14-27-21-29(34)17-16-26(27)20-28/h7-9,11-12,14-17,20-21,24,30-31,36H,3-6,10,13,18-19,22-23H2,1-2H3,(H,35,38)/t24-,30+,31+/m1/s1. The van der Waals surface area contributed by atoms with E-state index in [4.69, 9.17) is 11.6 Å². The van der Waals surface area contributed by atoms with E-state index >= 15 is 0 Å². The van der Waals surface area contributed by atoms with Gasteiger partial charge in [-0.2, -0.15) is 0 Å². The van der Waals surface area contributed by atoms with Gasteiger partial charge in [-0.3, -0.25) is 9.59 Å². The van der Waals surface area contributed by atoms with Crippen LogP contribution in [0.4, 0.5) is 0 Å². The summed E-state index contributed by atoms with van der Waals surface area (Å²) >= 11 is 6.10. The molecule has 1 aliphatic heterocycles. The van der Waals surface area contributed by atoms with Crippen LogP contribution in [0.5, 0.6) is 0 Å². The van der Waals surface area contributed by atoms with Gasteiger partial charge in [0, 0.05) is 42.2 Å². The van der Waals surface area contributed by atoms with Crippen molar-refractivity contribution >= 4 is 34.2 Å². The molecule has 0 radical (unpaired) electrons. The second-order valence-corrected chi connectivity index (χ2v) is 11.2. The number of nitrogens with zero attached hydrogens (tertiary/aromatic N) is 1. The minimum absolute atomic E-state index is 0.0372. The molecular formula is C33H42ClN3O2. The number of nitrogens with one attached hydrogen (secondary N) is 2. The van der Waals surface area contributed by atoms with Gasteiger partial charge in [-0.25, -0.2) is 0 Å². The van der Waals surface area contributed by atoms with Gasteiger partial charge in [0.1, 0.15) is 0 Å². The Morgan fingerprint density at radius 3 is 2.56 bits per heavy atom. The van der Waals surface area contributed by atoms with Gasteiger partial charge in [0.05, 0.1) is 6.04 Å². The number of unbranched alkanes of at least 4 members (excludes halogenated alkanes) is 3. The van der Waals surface area contributed by atoms with Crippen LogP contribution in [-0.2, 0) is 4.79 Å². The lowest BCUT2D eigenvalue weighted by Gasteiger charge is -2.28. The fourth-order valence-corrected chi connectivity index (χ4v) is 5.72. The minimum atomic E-state index is -0.218. The molecule has 3 aromatic rings. The molecule has 0 unspecified atom stereocenters. The Labute approximate surface area is 238 Å². The van der Waals surface area contributed by atoms with Crippen LogP contribution in [0.15, 0.2) is 66.7 Å². The van der Waals surface area contributed by atoms with Gasteiger partial charge >= 0.3 is 0 Å². The van der Waals surface area contributed by atoms with Crippen molar-refractivity contribution in [1.29, 1.82) is 0 Å². The van der Waals surface area contributed by atoms with Gasteiger partial charge in [0.2, 0.25) is 5.91 Å². The van der Waals surface area contributed by atoms with Gasteiger partial charge in [-0.05, 0) is 59.9 Å². The summed E-state index contributed by atoms with van der Waals surface area (Å²) in [4.78, 5) is 28.8. The number of halogens is 1. The molecule has 0 saturated carbocycles. The zero-order valence-electron chi connectivity index (χ0n) is 23.3. The summed E-state index contributed by atoms with van der Waals surface area (Å²) < 4.78 is 0. The van der Waals surface area contributed by atoms with Gasteiger partial charge in [0.15, 0.2) is 0 Å². The molecule has 1 saturated heterocycles. The molecule has 3 atom stereocenters. The van der Waals surface area contributed by atoms with Gasteiger partial charge < -0.3 is 15.5 Å². The van der Waals surface area contributed by atoms with E-state index in [0.29, 0.717) is 29.6 Å². The van der Waals surface area contributed by atoms with Crippen LogP contribution in [-0.4, -0.2) is 48.4 Å². The summed E-state index contributed by atoms with van der Waals surface area (Å²) in [6.45, 7) is 6.30. The molecule has 4 rings (SSSR count). The number of amides is 2. The smallest absolute Gasteiger partial charge is 0.251 e. The number of hydrogen-bond acceptors (Lipinski definition) is 3. The molecule has 208 valence electrons. The molecule has 0 aromatic heterocycles. The van der Waals surface area contributed by atoms with Crippen molar-refractivity contribution in [3.63, 3.8) is 0 Å². The summed E-state index contributed by atoms with van der Waals surface area (Å²) in [7, 11) is 0. The Morgan fingerprint density at radius 2 is 1.79 bits per heavy atom. The zero-order chi connectivity index (χ0) is 27.6. The normalized spacial score (nSPS) is 18.6. The number of fused-ring (bicyclic) bond motifs is 1. The highest BCUT2D eigenvalue weighted by Crippen LogP contribution is 2.24. The fraction of sp³-hybridized carbons (Fsp3) is 0.455. The van der Waals surface area contributed by atoms with Gasteiger partial charge in [-0.1, -0.05) is 93.6 Å². The van der Waals surface area contributed by atoms with Crippen molar-refractivity contribution in [3.8, 4) is 0 Å². The van der Waals surface area contributed by atoms with Crippen molar-refractivity contribution in [2.45, 2.75) is 76.8 Å². The predicted molar refractivity (Wildman–Crippen MR) is 161 cm³/mol. The molecule has 0 bridgehead atoms. The second-order valence-electron chi connectivity index (χ2n) is 10.8. The molecule has 2 N–H and O–H groups in total. The number of carbonyl (C=O) groups is 2. The molecule has 1 fully saturated rings. The maximum Gasteiger partial charge on any atom is 0.251 e. The maximum atomic E-state index is 13.7. The monoisotopic (exact) mass is 547 g/mol. The number of benzene rings is 3. The van der Waals surface area contributed by atoms with Crippen LogP contribution in [0.25, 0.3) is 10.8 Å². The Bertz CT molecular complexity index is 1230. The summed E-state index contributed by atoms with van der Waals surface area (Å²) in [6.07, 6.45) is 7.14. The van der Waals surface area contributed by atoms with Crippen molar-refractivity contribution < 1.29 is 9.59 Å². The van der Waals surface area contributed by atoms with Gasteiger partial charge in [0.25, 0.3) is 5.91 Å². The Balaban J connectivity index is 1.42. The highest BCUT2D eigenvalue weighted by molar-refractivity contribution is 6.31. The van der Waals surface area contributed by atoms with Crippen molar-refractivity contribution in [2.75, 3.05) is 19.6 Å². The summed E-state index contributed by atoms with van der Waals surface area (Å²) in [5.74, 6) is 0.411. The lowest BCUT2D eigenvalue weighted by atomic mass is 9.95. The zero-order valence-corrected chi connectivity index (χ0v) is 24.1. The molecule has 0 aliphatic carbocycles. The minimum Gasteiger partial charge on any atom is -0.350 e. The molecule has 1 aliphatic rings. The molecule has 3 aromatic carbocycles. The van der Waals surface area contributed by atoms with E-state index in [2.05, 4.69) is 53.6 Å². The predicted octanol–water partition coefficient (Wildman–Crippen LogP) is 6.95. The van der Waals surface area contributed by atoms with E-state index in [0.717, 1.165) is 49.4 Å². The molecule has 39 heavy (non-hydrogen) atoms. The lowest BCUT2D eigenvalue weighted by Crippen LogP contribution is -2.49. The Kier molecular flexibility index (Phi) is 10.8. The quantitative estimate of drug-likeness (QED) is 0.241. The van der Waals surface area contributed by atoms with Crippen molar-refractivity contribution in [3.05, 3.63) is 82.9 Å². The highest BCUT2D eigenvalue weighted by atomic mass is 35.5. The first kappa shape index (κ1) is 29.1. The average Bonchev–Trinajstić information content (AvgIpc) is 3.11. The topological polar surface area (TPSA) is 61.4 Å². The van der Waals surface area contributed by atoms with Crippen LogP contribution < -0.4 is 10.6 Å². The molecular weight excluding hydrogens is 506 g/mol. The van der Waals surface area contributed by atoms with E-state index in [9.17, 15) is 9.59 Å². The Morgan fingerprint density at radius 1 is 1.03 bits per heavy atom. The first-order valence-corrected chi connectivity index (χ1v) is 14.9. The third-order valence-electron chi connectivity index (χ3n) is 7.92. The highest BCUT2D eigenvalue weighted by Gasteiger charge is 2.32. The molecule has 6 heteroatoms. The van der Waals surface area contributed by atoms with Crippen molar-refractivity contribution in [2.24, 2.45) is 0 Å². The van der Waals surface area contributed by atoms with E-state index in [1.165, 1.54) is 18.4 Å². The van der Waals surface area contributed by atoms with Gasteiger partial charge in [-0.15, -0.1) is 0 Å². The lowest BCUT2D eigenvalue weighted by molar-refractivity contribution is -0.133. The number of carbonyl (C=O) groups excluding carboxylic acids is 2. The van der Waals surface area contributed by atoms with E-state index in [-0.39, 0.29) is 23.9 Å². The Hall–Kier alpha value is -2.89. The molecule has 0 spiro atoms. The SMILES string of the molecule is CCCCCC[C@@H]1N[C@H](CNC(=O)c2ccc3cc(Cl)ccc3c2)CCN(C[C@@H](CC)c2ccccc2)C1=O. The van der Waals surface area contributed by atoms with E-state index in [1.54, 1.807) is 0 Å². The van der Waals surface area contributed by atoms with Crippen LogP contribution in [0, 0.1) is 0 Å². The number of rotatable bonds is 12. The van der Waals surface area contributed by atoms with E-state index in [1.807, 2.05) is 42.5 Å². The van der Waals surface area contributed by atoms with Crippen LogP contribution in [0.3, 0.4) is 0 Å². The van der Waals surface area contributed by atoms with Crippen LogP contribution in [0.1, 0.15) is 80.6 Å².